The number of rotatable bonds is 3. The summed E-state index contributed by atoms with van der Waals surface area (Å²) in [6.07, 6.45) is 0. The van der Waals surface area contributed by atoms with E-state index in [4.69, 9.17) is 4.98 Å². The van der Waals surface area contributed by atoms with Gasteiger partial charge in [0.2, 0.25) is 0 Å². The molecule has 18 heavy (non-hydrogen) atoms. The average molecular weight is 242 g/mol. The number of hydrogen-bond acceptors (Lipinski definition) is 2. The normalized spacial score (nSPS) is 11.5. The van der Waals surface area contributed by atoms with E-state index in [-0.39, 0.29) is 0 Å². The van der Waals surface area contributed by atoms with Crippen molar-refractivity contribution in [2.45, 2.75) is 39.5 Å². The molecule has 2 aromatic rings. The molecule has 0 amide bonds. The van der Waals surface area contributed by atoms with Crippen molar-refractivity contribution in [1.29, 1.82) is 0 Å². The zero-order chi connectivity index (χ0) is 13.3. The Morgan fingerprint density at radius 2 is 1.72 bits per heavy atom. The predicted molar refractivity (Wildman–Crippen MR) is 79.5 cm³/mol. The number of nitrogens with zero attached hydrogens (tertiary/aromatic N) is 1. The Bertz CT molecular complexity index is 556. The Kier molecular flexibility index (Phi) is 3.55. The van der Waals surface area contributed by atoms with E-state index < -0.39 is 0 Å². The van der Waals surface area contributed by atoms with Gasteiger partial charge in [-0.2, -0.15) is 0 Å². The van der Waals surface area contributed by atoms with Crippen LogP contribution in [0.4, 0.5) is 5.69 Å². The Hall–Kier alpha value is -1.57. The molecule has 0 atom stereocenters. The van der Waals surface area contributed by atoms with Crippen LogP contribution in [0, 0.1) is 0 Å². The summed E-state index contributed by atoms with van der Waals surface area (Å²) in [5.41, 5.74) is 4.75. The Labute approximate surface area is 109 Å². The fourth-order valence-electron chi connectivity index (χ4n) is 2.13. The molecule has 0 saturated carbocycles. The highest BCUT2D eigenvalue weighted by Gasteiger charge is 2.09. The maximum absolute atomic E-state index is 4.74. The summed E-state index contributed by atoms with van der Waals surface area (Å²) >= 11 is 0. The quantitative estimate of drug-likeness (QED) is 0.855. The number of pyridine rings is 1. The van der Waals surface area contributed by atoms with Crippen LogP contribution >= 0.6 is 0 Å². The first-order chi connectivity index (χ1) is 8.52. The molecule has 2 nitrogen and oxygen atoms in total. The van der Waals surface area contributed by atoms with Crippen LogP contribution in [-0.4, -0.2) is 12.0 Å². The minimum Gasteiger partial charge on any atom is -0.388 e. The van der Waals surface area contributed by atoms with Crippen LogP contribution in [0.1, 0.15) is 50.8 Å². The van der Waals surface area contributed by atoms with Gasteiger partial charge in [0.25, 0.3) is 0 Å². The van der Waals surface area contributed by atoms with Crippen LogP contribution in [-0.2, 0) is 0 Å². The summed E-state index contributed by atoms with van der Waals surface area (Å²) in [5.74, 6) is 0.996. The molecule has 1 aromatic heterocycles. The Morgan fingerprint density at radius 1 is 1.00 bits per heavy atom. The third-order valence-corrected chi connectivity index (χ3v) is 3.38. The SMILES string of the molecule is CNc1cc(C(C)C)nc2ccc(C(C)C)cc12. The standard InChI is InChI=1S/C16H22N2/c1-10(2)12-6-7-14-13(8-12)16(17-5)9-15(18-14)11(3)4/h6-11H,1-5H3,(H,17,18). The fourth-order valence-corrected chi connectivity index (χ4v) is 2.13. The summed E-state index contributed by atoms with van der Waals surface area (Å²) in [7, 11) is 1.97. The molecule has 1 aromatic carbocycles. The highest BCUT2D eigenvalue weighted by Crippen LogP contribution is 2.28. The van der Waals surface area contributed by atoms with Crippen molar-refractivity contribution in [3.05, 3.63) is 35.5 Å². The lowest BCUT2D eigenvalue weighted by molar-refractivity contribution is 0.829. The fraction of sp³-hybridized carbons (Fsp3) is 0.438. The van der Waals surface area contributed by atoms with Crippen molar-refractivity contribution in [1.82, 2.24) is 4.98 Å². The van der Waals surface area contributed by atoms with E-state index in [0.29, 0.717) is 11.8 Å². The minimum atomic E-state index is 0.450. The van der Waals surface area contributed by atoms with Gasteiger partial charge >= 0.3 is 0 Å². The molecule has 0 bridgehead atoms. The van der Waals surface area contributed by atoms with Crippen LogP contribution < -0.4 is 5.32 Å². The van der Waals surface area contributed by atoms with Gasteiger partial charge in [0.15, 0.2) is 0 Å². The molecule has 0 fully saturated rings. The molecule has 96 valence electrons. The van der Waals surface area contributed by atoms with Crippen molar-refractivity contribution in [3.8, 4) is 0 Å². The molecule has 0 aliphatic rings. The largest absolute Gasteiger partial charge is 0.388 e. The maximum Gasteiger partial charge on any atom is 0.0726 e. The third-order valence-electron chi connectivity index (χ3n) is 3.38. The van der Waals surface area contributed by atoms with Gasteiger partial charge in [-0.25, -0.2) is 0 Å². The van der Waals surface area contributed by atoms with Crippen LogP contribution in [0.5, 0.6) is 0 Å². The van der Waals surface area contributed by atoms with Gasteiger partial charge in [-0.05, 0) is 35.6 Å². The van der Waals surface area contributed by atoms with E-state index in [9.17, 15) is 0 Å². The lowest BCUT2D eigenvalue weighted by atomic mass is 9.99. The van der Waals surface area contributed by atoms with Gasteiger partial charge in [-0.1, -0.05) is 33.8 Å². The van der Waals surface area contributed by atoms with Crippen molar-refractivity contribution in [2.75, 3.05) is 12.4 Å². The summed E-state index contributed by atoms with van der Waals surface area (Å²) in [5, 5.41) is 4.51. The van der Waals surface area contributed by atoms with E-state index in [1.807, 2.05) is 7.05 Å². The Morgan fingerprint density at radius 3 is 2.28 bits per heavy atom. The molecule has 0 saturated heterocycles. The Balaban J connectivity index is 2.67. The summed E-state index contributed by atoms with van der Waals surface area (Å²) in [6, 6.07) is 8.74. The highest BCUT2D eigenvalue weighted by molar-refractivity contribution is 5.92. The van der Waals surface area contributed by atoms with Gasteiger partial charge in [0.1, 0.15) is 0 Å². The van der Waals surface area contributed by atoms with Gasteiger partial charge < -0.3 is 5.32 Å². The molecule has 1 N–H and O–H groups in total. The van der Waals surface area contributed by atoms with E-state index in [1.54, 1.807) is 0 Å². The molecule has 0 aliphatic heterocycles. The number of aromatic nitrogens is 1. The summed E-state index contributed by atoms with van der Waals surface area (Å²) in [4.78, 5) is 4.74. The second kappa shape index (κ2) is 4.97. The molecule has 1 heterocycles. The predicted octanol–water partition coefficient (Wildman–Crippen LogP) is 4.52. The smallest absolute Gasteiger partial charge is 0.0726 e. The van der Waals surface area contributed by atoms with E-state index in [2.05, 4.69) is 57.3 Å². The van der Waals surface area contributed by atoms with E-state index in [1.165, 1.54) is 16.6 Å². The third kappa shape index (κ3) is 2.33. The molecule has 2 rings (SSSR count). The number of anilines is 1. The minimum absolute atomic E-state index is 0.450. The lowest BCUT2D eigenvalue weighted by Crippen LogP contribution is -1.99. The molecule has 0 spiro atoms. The molecule has 2 heteroatoms. The number of hydrogen-bond donors (Lipinski definition) is 1. The molecular weight excluding hydrogens is 220 g/mol. The monoisotopic (exact) mass is 242 g/mol. The van der Waals surface area contributed by atoms with Gasteiger partial charge in [-0.3, -0.25) is 4.98 Å². The van der Waals surface area contributed by atoms with Gasteiger partial charge in [0, 0.05) is 23.8 Å². The van der Waals surface area contributed by atoms with Crippen molar-refractivity contribution < 1.29 is 0 Å². The van der Waals surface area contributed by atoms with Crippen molar-refractivity contribution >= 4 is 16.6 Å². The average Bonchev–Trinajstić information content (AvgIpc) is 2.36. The second-order valence-corrected chi connectivity index (χ2v) is 5.43. The molecule has 0 aliphatic carbocycles. The van der Waals surface area contributed by atoms with Crippen LogP contribution in [0.25, 0.3) is 10.9 Å². The first-order valence-electron chi connectivity index (χ1n) is 6.65. The van der Waals surface area contributed by atoms with Crippen molar-refractivity contribution in [2.24, 2.45) is 0 Å². The molecule has 0 radical (unpaired) electrons. The van der Waals surface area contributed by atoms with Crippen LogP contribution in [0.2, 0.25) is 0 Å². The molecular formula is C16H22N2. The number of nitrogens with one attached hydrogen (secondary N) is 1. The van der Waals surface area contributed by atoms with Crippen molar-refractivity contribution in [3.63, 3.8) is 0 Å². The second-order valence-electron chi connectivity index (χ2n) is 5.43. The maximum atomic E-state index is 4.74. The first kappa shape index (κ1) is 12.9. The zero-order valence-corrected chi connectivity index (χ0v) is 11.9. The highest BCUT2D eigenvalue weighted by atomic mass is 14.8. The zero-order valence-electron chi connectivity index (χ0n) is 11.9. The van der Waals surface area contributed by atoms with Gasteiger partial charge in [0.05, 0.1) is 5.52 Å². The van der Waals surface area contributed by atoms with E-state index >= 15 is 0 Å². The number of benzene rings is 1. The summed E-state index contributed by atoms with van der Waals surface area (Å²) in [6.45, 7) is 8.79. The van der Waals surface area contributed by atoms with E-state index in [0.717, 1.165) is 11.2 Å². The van der Waals surface area contributed by atoms with Crippen LogP contribution in [0.3, 0.4) is 0 Å². The van der Waals surface area contributed by atoms with Gasteiger partial charge in [-0.15, -0.1) is 0 Å². The lowest BCUT2D eigenvalue weighted by Gasteiger charge is -2.13. The summed E-state index contributed by atoms with van der Waals surface area (Å²) < 4.78 is 0. The topological polar surface area (TPSA) is 24.9 Å². The molecule has 0 unspecified atom stereocenters. The number of fused-ring (bicyclic) bond motifs is 1. The first-order valence-corrected chi connectivity index (χ1v) is 6.65. The van der Waals surface area contributed by atoms with Crippen LogP contribution in [0.15, 0.2) is 24.3 Å².